The first-order valence-electron chi connectivity index (χ1n) is 5.62. The van der Waals surface area contributed by atoms with Crippen LogP contribution in [0.15, 0.2) is 33.6 Å². The topological polar surface area (TPSA) is 38.0 Å². The second kappa shape index (κ2) is 5.91. The number of halogens is 1. The van der Waals surface area contributed by atoms with Crippen LogP contribution < -0.4 is 0 Å². The molecular weight excluding hydrogens is 312 g/mol. The lowest BCUT2D eigenvalue weighted by Gasteiger charge is -2.05. The van der Waals surface area contributed by atoms with Gasteiger partial charge in [-0.3, -0.25) is 4.68 Å². The number of thioether (sulfide) groups is 1. The SMILES string of the molecule is Cc1nn(C)c(CSc2cccc(CO)c2)c1Br. The second-order valence-electron chi connectivity index (χ2n) is 4.06. The Morgan fingerprint density at radius 3 is 2.83 bits per heavy atom. The number of hydrogen-bond donors (Lipinski definition) is 1. The zero-order valence-corrected chi connectivity index (χ0v) is 12.8. The molecule has 0 amide bonds. The summed E-state index contributed by atoms with van der Waals surface area (Å²) in [4.78, 5) is 1.16. The average molecular weight is 327 g/mol. The lowest BCUT2D eigenvalue weighted by molar-refractivity contribution is 0.281. The Morgan fingerprint density at radius 1 is 1.44 bits per heavy atom. The highest BCUT2D eigenvalue weighted by atomic mass is 79.9. The summed E-state index contributed by atoms with van der Waals surface area (Å²) >= 11 is 5.31. The van der Waals surface area contributed by atoms with Crippen molar-refractivity contribution in [3.8, 4) is 0 Å². The lowest BCUT2D eigenvalue weighted by atomic mass is 10.2. The molecule has 0 atom stereocenters. The molecule has 3 nitrogen and oxygen atoms in total. The molecule has 0 saturated heterocycles. The number of aryl methyl sites for hydroxylation is 2. The minimum Gasteiger partial charge on any atom is -0.392 e. The Balaban J connectivity index is 2.11. The Bertz CT molecular complexity index is 554. The van der Waals surface area contributed by atoms with Crippen molar-refractivity contribution in [3.63, 3.8) is 0 Å². The predicted molar refractivity (Wildman–Crippen MR) is 77.6 cm³/mol. The molecular formula is C13H15BrN2OS. The molecule has 96 valence electrons. The number of aromatic nitrogens is 2. The van der Waals surface area contributed by atoms with Gasteiger partial charge in [0.15, 0.2) is 0 Å². The summed E-state index contributed by atoms with van der Waals surface area (Å²) in [5.74, 6) is 0.854. The van der Waals surface area contributed by atoms with Crippen LogP contribution in [0.1, 0.15) is 17.0 Å². The van der Waals surface area contributed by atoms with E-state index in [1.54, 1.807) is 11.8 Å². The van der Waals surface area contributed by atoms with E-state index in [4.69, 9.17) is 5.11 Å². The Hall–Kier alpha value is -0.780. The fourth-order valence-electron chi connectivity index (χ4n) is 1.72. The van der Waals surface area contributed by atoms with Gasteiger partial charge in [-0.1, -0.05) is 12.1 Å². The maximum absolute atomic E-state index is 9.11. The molecule has 1 aromatic carbocycles. The van der Waals surface area contributed by atoms with E-state index in [1.165, 1.54) is 5.69 Å². The van der Waals surface area contributed by atoms with Crippen LogP contribution in [0.3, 0.4) is 0 Å². The molecule has 0 saturated carbocycles. The van der Waals surface area contributed by atoms with Crippen LogP contribution in [0.5, 0.6) is 0 Å². The van der Waals surface area contributed by atoms with Crippen LogP contribution in [0.4, 0.5) is 0 Å². The Labute approximate surface area is 119 Å². The van der Waals surface area contributed by atoms with Crippen molar-refractivity contribution < 1.29 is 5.11 Å². The number of benzene rings is 1. The molecule has 0 aliphatic heterocycles. The molecule has 2 rings (SSSR count). The zero-order chi connectivity index (χ0) is 13.1. The summed E-state index contributed by atoms with van der Waals surface area (Å²) in [6, 6.07) is 7.97. The van der Waals surface area contributed by atoms with E-state index in [0.29, 0.717) is 0 Å². The number of rotatable bonds is 4. The van der Waals surface area contributed by atoms with Crippen molar-refractivity contribution in [2.24, 2.45) is 7.05 Å². The van der Waals surface area contributed by atoms with E-state index < -0.39 is 0 Å². The van der Waals surface area contributed by atoms with Crippen molar-refractivity contribution in [1.29, 1.82) is 0 Å². The van der Waals surface area contributed by atoms with Crippen LogP contribution in [0.25, 0.3) is 0 Å². The van der Waals surface area contributed by atoms with Crippen LogP contribution in [0, 0.1) is 6.92 Å². The molecule has 0 aliphatic carbocycles. The first kappa shape index (κ1) is 13.6. The van der Waals surface area contributed by atoms with Gasteiger partial charge in [0.2, 0.25) is 0 Å². The smallest absolute Gasteiger partial charge is 0.0738 e. The molecule has 0 spiro atoms. The quantitative estimate of drug-likeness (QED) is 0.876. The van der Waals surface area contributed by atoms with Gasteiger partial charge in [0.25, 0.3) is 0 Å². The fraction of sp³-hybridized carbons (Fsp3) is 0.308. The van der Waals surface area contributed by atoms with Crippen molar-refractivity contribution in [3.05, 3.63) is 45.7 Å². The van der Waals surface area contributed by atoms with Gasteiger partial charge in [-0.05, 0) is 40.5 Å². The van der Waals surface area contributed by atoms with E-state index in [2.05, 4.69) is 27.1 Å². The summed E-state index contributed by atoms with van der Waals surface area (Å²) in [5, 5.41) is 13.5. The largest absolute Gasteiger partial charge is 0.392 e. The first-order valence-corrected chi connectivity index (χ1v) is 7.40. The zero-order valence-electron chi connectivity index (χ0n) is 10.4. The fourth-order valence-corrected chi connectivity index (χ4v) is 3.43. The van der Waals surface area contributed by atoms with Crippen molar-refractivity contribution in [2.45, 2.75) is 24.2 Å². The Kier molecular flexibility index (Phi) is 4.48. The van der Waals surface area contributed by atoms with Gasteiger partial charge < -0.3 is 5.11 Å². The third-order valence-electron chi connectivity index (χ3n) is 2.72. The van der Waals surface area contributed by atoms with E-state index in [9.17, 15) is 0 Å². The molecule has 0 bridgehead atoms. The van der Waals surface area contributed by atoms with Gasteiger partial charge >= 0.3 is 0 Å². The summed E-state index contributed by atoms with van der Waals surface area (Å²) in [5.41, 5.74) is 3.13. The van der Waals surface area contributed by atoms with Gasteiger partial charge in [-0.15, -0.1) is 11.8 Å². The van der Waals surface area contributed by atoms with Crippen LogP contribution >= 0.6 is 27.7 Å². The van der Waals surface area contributed by atoms with Gasteiger partial charge in [0, 0.05) is 17.7 Å². The normalized spacial score (nSPS) is 10.9. The monoisotopic (exact) mass is 326 g/mol. The van der Waals surface area contributed by atoms with Gasteiger partial charge in [0.05, 0.1) is 22.5 Å². The average Bonchev–Trinajstić information content (AvgIpc) is 2.61. The summed E-state index contributed by atoms with van der Waals surface area (Å²) in [6.07, 6.45) is 0. The van der Waals surface area contributed by atoms with Gasteiger partial charge in [-0.2, -0.15) is 5.10 Å². The van der Waals surface area contributed by atoms with Crippen molar-refractivity contribution in [1.82, 2.24) is 9.78 Å². The van der Waals surface area contributed by atoms with Crippen LogP contribution in [-0.4, -0.2) is 14.9 Å². The minimum absolute atomic E-state index is 0.0862. The molecule has 5 heteroatoms. The second-order valence-corrected chi connectivity index (χ2v) is 5.91. The summed E-state index contributed by atoms with van der Waals surface area (Å²) < 4.78 is 2.98. The van der Waals surface area contributed by atoms with Gasteiger partial charge in [0.1, 0.15) is 0 Å². The molecule has 1 aromatic heterocycles. The minimum atomic E-state index is 0.0862. The molecule has 0 fully saturated rings. The highest BCUT2D eigenvalue weighted by molar-refractivity contribution is 9.10. The molecule has 0 radical (unpaired) electrons. The summed E-state index contributed by atoms with van der Waals surface area (Å²) in [7, 11) is 1.96. The van der Waals surface area contributed by atoms with E-state index in [1.807, 2.05) is 36.9 Å². The Morgan fingerprint density at radius 2 is 2.22 bits per heavy atom. The van der Waals surface area contributed by atoms with Crippen LogP contribution in [0.2, 0.25) is 0 Å². The maximum Gasteiger partial charge on any atom is 0.0738 e. The van der Waals surface area contributed by atoms with E-state index >= 15 is 0 Å². The molecule has 0 unspecified atom stereocenters. The molecule has 2 aromatic rings. The van der Waals surface area contributed by atoms with Crippen molar-refractivity contribution >= 4 is 27.7 Å². The number of aliphatic hydroxyl groups is 1. The predicted octanol–water partition coefficient (Wildman–Crippen LogP) is 3.28. The van der Waals surface area contributed by atoms with Crippen molar-refractivity contribution in [2.75, 3.05) is 0 Å². The molecule has 18 heavy (non-hydrogen) atoms. The summed E-state index contributed by atoms with van der Waals surface area (Å²) in [6.45, 7) is 2.08. The maximum atomic E-state index is 9.11. The number of hydrogen-bond acceptors (Lipinski definition) is 3. The molecule has 1 N–H and O–H groups in total. The third-order valence-corrected chi connectivity index (χ3v) is 4.75. The highest BCUT2D eigenvalue weighted by Crippen LogP contribution is 2.28. The molecule has 1 heterocycles. The third kappa shape index (κ3) is 2.96. The molecule has 0 aliphatic rings. The lowest BCUT2D eigenvalue weighted by Crippen LogP contribution is -1.96. The van der Waals surface area contributed by atoms with Crippen LogP contribution in [-0.2, 0) is 19.4 Å². The van der Waals surface area contributed by atoms with E-state index in [0.717, 1.165) is 26.4 Å². The van der Waals surface area contributed by atoms with E-state index in [-0.39, 0.29) is 6.61 Å². The number of aliphatic hydroxyl groups excluding tert-OH is 1. The van der Waals surface area contributed by atoms with Gasteiger partial charge in [-0.25, -0.2) is 0 Å². The standard InChI is InChI=1S/C13H15BrN2OS/c1-9-13(14)12(16(2)15-9)8-18-11-5-3-4-10(6-11)7-17/h3-6,17H,7-8H2,1-2H3. The highest BCUT2D eigenvalue weighted by Gasteiger charge is 2.10. The number of nitrogens with zero attached hydrogens (tertiary/aromatic N) is 2. The first-order chi connectivity index (χ1) is 8.61.